The smallest absolute Gasteiger partial charge is 0.374 e. The maximum absolute atomic E-state index is 13.0. The van der Waals surface area contributed by atoms with Gasteiger partial charge in [-0.2, -0.15) is 8.78 Å². The number of rotatable bonds is 3. The van der Waals surface area contributed by atoms with Gasteiger partial charge >= 0.3 is 11.9 Å². The fourth-order valence-electron chi connectivity index (χ4n) is 1.16. The van der Waals surface area contributed by atoms with E-state index in [1.54, 1.807) is 0 Å². The summed E-state index contributed by atoms with van der Waals surface area (Å²) in [6.45, 7) is 1.34. The van der Waals surface area contributed by atoms with Crippen LogP contribution in [0.1, 0.15) is 11.1 Å². The van der Waals surface area contributed by atoms with Crippen molar-refractivity contribution in [1.29, 1.82) is 0 Å². The largest absolute Gasteiger partial charge is 0.477 e. The number of carboxylic acid groups (broad SMARTS) is 1. The quantitative estimate of drug-likeness (QED) is 0.845. The van der Waals surface area contributed by atoms with Crippen molar-refractivity contribution in [2.24, 2.45) is 0 Å². The topological polar surface area (TPSA) is 37.3 Å². The summed E-state index contributed by atoms with van der Waals surface area (Å²) >= 11 is 0. The van der Waals surface area contributed by atoms with Gasteiger partial charge in [-0.15, -0.1) is 0 Å². The zero-order valence-electron chi connectivity index (χ0n) is 7.93. The Kier molecular flexibility index (Phi) is 3.02. The lowest BCUT2D eigenvalue weighted by Crippen LogP contribution is -2.31. The van der Waals surface area contributed by atoms with Gasteiger partial charge in [-0.3, -0.25) is 0 Å². The molecule has 0 spiro atoms. The minimum absolute atomic E-state index is 0.00222. The van der Waals surface area contributed by atoms with Crippen molar-refractivity contribution in [3.63, 3.8) is 0 Å². The van der Waals surface area contributed by atoms with Crippen LogP contribution in [0.25, 0.3) is 0 Å². The molecular formula is C10H9F3O2. The Hall–Kier alpha value is -1.52. The molecule has 0 aliphatic heterocycles. The molecule has 0 aliphatic carbocycles. The van der Waals surface area contributed by atoms with Gasteiger partial charge in [0.05, 0.1) is 0 Å². The Morgan fingerprint density at radius 2 is 2.07 bits per heavy atom. The van der Waals surface area contributed by atoms with E-state index in [0.29, 0.717) is 0 Å². The van der Waals surface area contributed by atoms with Crippen LogP contribution in [0.15, 0.2) is 18.2 Å². The molecule has 0 heterocycles. The number of hydrogen-bond acceptors (Lipinski definition) is 1. The molecule has 0 saturated carbocycles. The van der Waals surface area contributed by atoms with Gasteiger partial charge in [-0.1, -0.05) is 12.1 Å². The fourth-order valence-corrected chi connectivity index (χ4v) is 1.16. The third kappa shape index (κ3) is 2.49. The molecule has 0 bridgehead atoms. The SMILES string of the molecule is Cc1c(F)cccc1CC(F)(F)C(=O)O. The summed E-state index contributed by atoms with van der Waals surface area (Å²) in [6, 6.07) is 3.70. The molecule has 0 amide bonds. The molecule has 0 unspecified atom stereocenters. The molecule has 0 aliphatic rings. The number of aliphatic carboxylic acids is 1. The molecule has 15 heavy (non-hydrogen) atoms. The molecule has 1 aromatic carbocycles. The van der Waals surface area contributed by atoms with E-state index in [1.807, 2.05) is 0 Å². The lowest BCUT2D eigenvalue weighted by atomic mass is 10.0. The van der Waals surface area contributed by atoms with Crippen LogP contribution in [-0.2, 0) is 11.2 Å². The van der Waals surface area contributed by atoms with Crippen molar-refractivity contribution in [2.45, 2.75) is 19.3 Å². The van der Waals surface area contributed by atoms with Gasteiger partial charge in [0.2, 0.25) is 0 Å². The molecule has 5 heteroatoms. The van der Waals surface area contributed by atoms with E-state index in [9.17, 15) is 18.0 Å². The molecule has 0 radical (unpaired) electrons. The van der Waals surface area contributed by atoms with Crippen LogP contribution in [0.4, 0.5) is 13.2 Å². The van der Waals surface area contributed by atoms with Crippen molar-refractivity contribution in [1.82, 2.24) is 0 Å². The molecule has 82 valence electrons. The van der Waals surface area contributed by atoms with E-state index in [1.165, 1.54) is 19.1 Å². The molecule has 0 atom stereocenters. The first-order chi connectivity index (χ1) is 6.84. The molecule has 1 aromatic rings. The Labute approximate surface area is 84.3 Å². The first kappa shape index (κ1) is 11.6. The zero-order valence-corrected chi connectivity index (χ0v) is 7.93. The van der Waals surface area contributed by atoms with E-state index < -0.39 is 24.1 Å². The number of benzene rings is 1. The maximum Gasteiger partial charge on any atom is 0.374 e. The predicted molar refractivity (Wildman–Crippen MR) is 47.4 cm³/mol. The van der Waals surface area contributed by atoms with Gasteiger partial charge < -0.3 is 5.11 Å². The van der Waals surface area contributed by atoms with E-state index >= 15 is 0 Å². The van der Waals surface area contributed by atoms with E-state index in [0.717, 1.165) is 6.07 Å². The third-order valence-electron chi connectivity index (χ3n) is 2.11. The van der Waals surface area contributed by atoms with Gasteiger partial charge in [-0.05, 0) is 24.1 Å². The number of carbonyl (C=O) groups is 1. The van der Waals surface area contributed by atoms with Crippen LogP contribution in [0.3, 0.4) is 0 Å². The summed E-state index contributed by atoms with van der Waals surface area (Å²) < 4.78 is 38.6. The summed E-state index contributed by atoms with van der Waals surface area (Å²) in [6.07, 6.45) is -0.994. The second-order valence-corrected chi connectivity index (χ2v) is 3.21. The second-order valence-electron chi connectivity index (χ2n) is 3.21. The lowest BCUT2D eigenvalue weighted by molar-refractivity contribution is -0.164. The van der Waals surface area contributed by atoms with Gasteiger partial charge in [0.15, 0.2) is 0 Å². The Bertz CT molecular complexity index is 388. The molecule has 0 fully saturated rings. The highest BCUT2D eigenvalue weighted by atomic mass is 19.3. The van der Waals surface area contributed by atoms with Gasteiger partial charge in [0, 0.05) is 6.42 Å². The van der Waals surface area contributed by atoms with Crippen LogP contribution in [0.2, 0.25) is 0 Å². The molecule has 0 saturated heterocycles. The van der Waals surface area contributed by atoms with Crippen molar-refractivity contribution in [2.75, 3.05) is 0 Å². The molecular weight excluding hydrogens is 209 g/mol. The van der Waals surface area contributed by atoms with Crippen LogP contribution >= 0.6 is 0 Å². The summed E-state index contributed by atoms with van der Waals surface area (Å²) in [5.41, 5.74) is 0.0563. The highest BCUT2D eigenvalue weighted by molar-refractivity contribution is 5.75. The van der Waals surface area contributed by atoms with Crippen molar-refractivity contribution >= 4 is 5.97 Å². The van der Waals surface area contributed by atoms with Crippen molar-refractivity contribution in [3.05, 3.63) is 35.1 Å². The Morgan fingerprint density at radius 3 is 2.60 bits per heavy atom. The second kappa shape index (κ2) is 3.92. The summed E-state index contributed by atoms with van der Waals surface area (Å²) in [4.78, 5) is 10.2. The zero-order chi connectivity index (χ0) is 11.6. The number of carboxylic acids is 1. The minimum Gasteiger partial charge on any atom is -0.477 e. The lowest BCUT2D eigenvalue weighted by Gasteiger charge is -2.12. The van der Waals surface area contributed by atoms with E-state index in [2.05, 4.69) is 0 Å². The number of alkyl halides is 2. The summed E-state index contributed by atoms with van der Waals surface area (Å²) in [5.74, 6) is -6.68. The van der Waals surface area contributed by atoms with E-state index in [4.69, 9.17) is 5.11 Å². The van der Waals surface area contributed by atoms with Gasteiger partial charge in [-0.25, -0.2) is 9.18 Å². The summed E-state index contributed by atoms with van der Waals surface area (Å²) in [7, 11) is 0. The van der Waals surface area contributed by atoms with Crippen LogP contribution in [0.5, 0.6) is 0 Å². The van der Waals surface area contributed by atoms with Crippen LogP contribution < -0.4 is 0 Å². The highest BCUT2D eigenvalue weighted by Crippen LogP contribution is 2.23. The number of hydrogen-bond donors (Lipinski definition) is 1. The number of halogens is 3. The first-order valence-electron chi connectivity index (χ1n) is 4.20. The van der Waals surface area contributed by atoms with Gasteiger partial charge in [0.1, 0.15) is 5.82 Å². The average Bonchev–Trinajstić information content (AvgIpc) is 2.12. The average molecular weight is 218 g/mol. The molecule has 1 N–H and O–H groups in total. The normalized spacial score (nSPS) is 11.5. The summed E-state index contributed by atoms with van der Waals surface area (Å²) in [5, 5.41) is 8.22. The van der Waals surface area contributed by atoms with Gasteiger partial charge in [0.25, 0.3) is 0 Å². The first-order valence-corrected chi connectivity index (χ1v) is 4.20. The van der Waals surface area contributed by atoms with Crippen LogP contribution in [-0.4, -0.2) is 17.0 Å². The predicted octanol–water partition coefficient (Wildman–Crippen LogP) is 2.40. The van der Waals surface area contributed by atoms with Crippen molar-refractivity contribution < 1.29 is 23.1 Å². The molecule has 1 rings (SSSR count). The minimum atomic E-state index is -3.86. The maximum atomic E-state index is 13.0. The van der Waals surface area contributed by atoms with Crippen LogP contribution in [0, 0.1) is 12.7 Å². The molecule has 2 nitrogen and oxygen atoms in total. The monoisotopic (exact) mass is 218 g/mol. The van der Waals surface area contributed by atoms with E-state index in [-0.39, 0.29) is 11.1 Å². The third-order valence-corrected chi connectivity index (χ3v) is 2.11. The highest BCUT2D eigenvalue weighted by Gasteiger charge is 2.39. The fraction of sp³-hybridized carbons (Fsp3) is 0.300. The Balaban J connectivity index is 3.00. The Morgan fingerprint density at radius 1 is 1.47 bits per heavy atom. The van der Waals surface area contributed by atoms with Crippen molar-refractivity contribution in [3.8, 4) is 0 Å². The molecule has 0 aromatic heterocycles. The standard InChI is InChI=1S/C10H9F3O2/c1-6-7(3-2-4-8(6)11)5-10(12,13)9(14)15/h2-4H,5H2,1H3,(H,14,15).